The number of carbonyl (C=O) groups excluding carboxylic acids is 2. The predicted molar refractivity (Wildman–Crippen MR) is 98.9 cm³/mol. The Kier molecular flexibility index (Phi) is 5.71. The molecule has 3 aliphatic heterocycles. The van der Waals surface area contributed by atoms with E-state index in [0.717, 1.165) is 44.6 Å². The minimum Gasteiger partial charge on any atom is -0.357 e. The highest BCUT2D eigenvalue weighted by Crippen LogP contribution is 2.31. The number of amides is 2. The maximum atomic E-state index is 12.2. The molecule has 5 heteroatoms. The number of aliphatic imine (C=N–C) groups is 1. The van der Waals surface area contributed by atoms with Crippen molar-refractivity contribution in [1.29, 1.82) is 0 Å². The molecule has 0 saturated carbocycles. The maximum Gasteiger partial charge on any atom is 0.229 e. The van der Waals surface area contributed by atoms with Gasteiger partial charge in [0.2, 0.25) is 11.8 Å². The van der Waals surface area contributed by atoms with Crippen molar-refractivity contribution in [3.05, 3.63) is 23.9 Å². The van der Waals surface area contributed by atoms with E-state index in [1.54, 1.807) is 0 Å². The van der Waals surface area contributed by atoms with Crippen LogP contribution < -0.4 is 5.32 Å². The van der Waals surface area contributed by atoms with Crippen LogP contribution in [-0.2, 0) is 9.59 Å². The van der Waals surface area contributed by atoms with Crippen LogP contribution in [0.2, 0.25) is 0 Å². The molecule has 5 nitrogen and oxygen atoms in total. The first-order valence-corrected chi connectivity index (χ1v) is 9.56. The van der Waals surface area contributed by atoms with E-state index in [4.69, 9.17) is 0 Å². The molecule has 25 heavy (non-hydrogen) atoms. The molecular weight excluding hydrogens is 314 g/mol. The third-order valence-electron chi connectivity index (χ3n) is 5.67. The molecule has 3 aliphatic rings. The SMILES string of the molecule is CC(C)C1=CC(N2CCCC(C3CCC(=O)NC3=O)CC2)=NC=CC1. The molecule has 2 amide bonds. The highest BCUT2D eigenvalue weighted by molar-refractivity contribution is 5.98. The lowest BCUT2D eigenvalue weighted by Gasteiger charge is -2.28. The summed E-state index contributed by atoms with van der Waals surface area (Å²) >= 11 is 0. The standard InChI is InChI=1S/C20H29N3O2/c1-14(2)16-5-3-10-21-18(13-16)23-11-4-6-15(9-12-23)17-7-8-19(24)22-20(17)25/h3,10,13-15,17H,4-9,11-12H2,1-2H3,(H,22,24,25). The smallest absolute Gasteiger partial charge is 0.229 e. The molecule has 0 spiro atoms. The molecule has 2 fully saturated rings. The van der Waals surface area contributed by atoms with Crippen molar-refractivity contribution in [2.75, 3.05) is 13.1 Å². The minimum atomic E-state index is -0.123. The van der Waals surface area contributed by atoms with Gasteiger partial charge in [0.05, 0.1) is 0 Å². The average molecular weight is 343 g/mol. The second kappa shape index (κ2) is 7.98. The molecule has 0 aliphatic carbocycles. The van der Waals surface area contributed by atoms with Crippen molar-refractivity contribution in [3.63, 3.8) is 0 Å². The Hall–Kier alpha value is -1.91. The maximum absolute atomic E-state index is 12.2. The monoisotopic (exact) mass is 343 g/mol. The van der Waals surface area contributed by atoms with Crippen molar-refractivity contribution in [2.24, 2.45) is 22.7 Å². The second-order valence-corrected chi connectivity index (χ2v) is 7.69. The fourth-order valence-corrected chi connectivity index (χ4v) is 4.07. The van der Waals surface area contributed by atoms with Crippen LogP contribution in [-0.4, -0.2) is 35.6 Å². The molecule has 0 aromatic heterocycles. The summed E-state index contributed by atoms with van der Waals surface area (Å²) in [5.74, 6) is 1.76. The van der Waals surface area contributed by atoms with Crippen molar-refractivity contribution < 1.29 is 9.59 Å². The largest absolute Gasteiger partial charge is 0.357 e. The Morgan fingerprint density at radius 1 is 1.20 bits per heavy atom. The molecule has 0 bridgehead atoms. The van der Waals surface area contributed by atoms with E-state index in [0.29, 0.717) is 24.7 Å². The zero-order valence-electron chi connectivity index (χ0n) is 15.3. The van der Waals surface area contributed by atoms with Crippen molar-refractivity contribution in [2.45, 2.75) is 52.4 Å². The highest BCUT2D eigenvalue weighted by Gasteiger charge is 2.34. The first-order valence-electron chi connectivity index (χ1n) is 9.56. The van der Waals surface area contributed by atoms with E-state index in [1.807, 2.05) is 6.20 Å². The Bertz CT molecular complexity index is 618. The van der Waals surface area contributed by atoms with Crippen LogP contribution >= 0.6 is 0 Å². The van der Waals surface area contributed by atoms with Gasteiger partial charge in [-0.3, -0.25) is 14.9 Å². The van der Waals surface area contributed by atoms with Gasteiger partial charge in [0.15, 0.2) is 0 Å². The number of nitrogens with one attached hydrogen (secondary N) is 1. The summed E-state index contributed by atoms with van der Waals surface area (Å²) < 4.78 is 0. The van der Waals surface area contributed by atoms with Crippen LogP contribution in [0.4, 0.5) is 0 Å². The molecule has 0 radical (unpaired) electrons. The Balaban J connectivity index is 1.66. The molecule has 1 N–H and O–H groups in total. The van der Waals surface area contributed by atoms with Crippen LogP contribution in [0.25, 0.3) is 0 Å². The van der Waals surface area contributed by atoms with Gasteiger partial charge in [-0.2, -0.15) is 0 Å². The van der Waals surface area contributed by atoms with E-state index in [2.05, 4.69) is 41.2 Å². The third kappa shape index (κ3) is 4.39. The lowest BCUT2D eigenvalue weighted by atomic mass is 9.81. The topological polar surface area (TPSA) is 61.8 Å². The molecule has 3 rings (SSSR count). The normalized spacial score (nSPS) is 28.2. The number of allylic oxidation sites excluding steroid dienone is 2. The third-order valence-corrected chi connectivity index (χ3v) is 5.67. The fourth-order valence-electron chi connectivity index (χ4n) is 4.07. The molecule has 2 saturated heterocycles. The molecule has 3 heterocycles. The van der Waals surface area contributed by atoms with Crippen LogP contribution in [0.15, 0.2) is 28.9 Å². The average Bonchev–Trinajstić information content (AvgIpc) is 2.95. The Morgan fingerprint density at radius 2 is 2.04 bits per heavy atom. The molecule has 2 unspecified atom stereocenters. The van der Waals surface area contributed by atoms with Crippen LogP contribution in [0.1, 0.15) is 52.4 Å². The Labute approximate surface area is 150 Å². The fraction of sp³-hybridized carbons (Fsp3) is 0.650. The number of nitrogens with zero attached hydrogens (tertiary/aromatic N) is 2. The highest BCUT2D eigenvalue weighted by atomic mass is 16.2. The number of likely N-dealkylation sites (tertiary alicyclic amines) is 1. The van der Waals surface area contributed by atoms with Gasteiger partial charge in [-0.25, -0.2) is 4.99 Å². The number of carbonyl (C=O) groups is 2. The number of hydrogen-bond acceptors (Lipinski definition) is 4. The summed E-state index contributed by atoms with van der Waals surface area (Å²) in [5, 5.41) is 2.51. The first kappa shape index (κ1) is 17.9. The van der Waals surface area contributed by atoms with E-state index < -0.39 is 0 Å². The summed E-state index contributed by atoms with van der Waals surface area (Å²) in [7, 11) is 0. The zero-order valence-corrected chi connectivity index (χ0v) is 15.3. The van der Waals surface area contributed by atoms with E-state index in [-0.39, 0.29) is 17.7 Å². The van der Waals surface area contributed by atoms with Gasteiger partial charge >= 0.3 is 0 Å². The molecule has 136 valence electrons. The molecule has 2 atom stereocenters. The van der Waals surface area contributed by atoms with Gasteiger partial charge in [-0.1, -0.05) is 25.5 Å². The number of hydrogen-bond donors (Lipinski definition) is 1. The Morgan fingerprint density at radius 3 is 2.80 bits per heavy atom. The minimum absolute atomic E-state index is 0.00427. The quantitative estimate of drug-likeness (QED) is 0.784. The van der Waals surface area contributed by atoms with Gasteiger partial charge in [0, 0.05) is 31.6 Å². The van der Waals surface area contributed by atoms with Crippen molar-refractivity contribution in [1.82, 2.24) is 10.2 Å². The van der Waals surface area contributed by atoms with Crippen LogP contribution in [0, 0.1) is 17.8 Å². The van der Waals surface area contributed by atoms with E-state index in [1.165, 1.54) is 5.57 Å². The lowest BCUT2D eigenvalue weighted by Crippen LogP contribution is -2.43. The summed E-state index contributed by atoms with van der Waals surface area (Å²) in [6.45, 7) is 6.36. The number of amidine groups is 1. The first-order chi connectivity index (χ1) is 12.0. The van der Waals surface area contributed by atoms with Gasteiger partial charge < -0.3 is 4.90 Å². The lowest BCUT2D eigenvalue weighted by molar-refractivity contribution is -0.137. The summed E-state index contributed by atoms with van der Waals surface area (Å²) in [5.41, 5.74) is 1.42. The zero-order chi connectivity index (χ0) is 17.8. The number of imide groups is 1. The summed E-state index contributed by atoms with van der Waals surface area (Å²) in [6.07, 6.45) is 11.6. The van der Waals surface area contributed by atoms with E-state index in [9.17, 15) is 9.59 Å². The van der Waals surface area contributed by atoms with Gasteiger partial charge in [0.25, 0.3) is 0 Å². The molecule has 0 aromatic rings. The van der Waals surface area contributed by atoms with Gasteiger partial charge in [0.1, 0.15) is 5.84 Å². The van der Waals surface area contributed by atoms with Crippen LogP contribution in [0.5, 0.6) is 0 Å². The predicted octanol–water partition coefficient (Wildman–Crippen LogP) is 3.04. The molecular formula is C20H29N3O2. The number of piperidine rings is 1. The second-order valence-electron chi connectivity index (χ2n) is 7.69. The van der Waals surface area contributed by atoms with Crippen molar-refractivity contribution >= 4 is 17.6 Å². The van der Waals surface area contributed by atoms with Crippen molar-refractivity contribution in [3.8, 4) is 0 Å². The molecule has 0 aromatic carbocycles. The van der Waals surface area contributed by atoms with Gasteiger partial charge in [-0.05, 0) is 50.0 Å². The van der Waals surface area contributed by atoms with E-state index >= 15 is 0 Å². The summed E-state index contributed by atoms with van der Waals surface area (Å²) in [6, 6.07) is 0. The summed E-state index contributed by atoms with van der Waals surface area (Å²) in [4.78, 5) is 30.6. The number of rotatable bonds is 2. The van der Waals surface area contributed by atoms with Crippen LogP contribution in [0.3, 0.4) is 0 Å². The van der Waals surface area contributed by atoms with Gasteiger partial charge in [-0.15, -0.1) is 0 Å².